The van der Waals surface area contributed by atoms with Crippen molar-refractivity contribution >= 4 is 18.0 Å². The molecule has 0 saturated heterocycles. The number of benzene rings is 2. The minimum Gasteiger partial charge on any atom is -0.480 e. The first-order valence-corrected chi connectivity index (χ1v) is 11.4. The number of amides is 2. The highest BCUT2D eigenvalue weighted by atomic mass is 19.3. The fourth-order valence-electron chi connectivity index (χ4n) is 4.35. The van der Waals surface area contributed by atoms with Gasteiger partial charge in [0.25, 0.3) is 0 Å². The van der Waals surface area contributed by atoms with Crippen molar-refractivity contribution in [2.24, 2.45) is 5.41 Å². The van der Waals surface area contributed by atoms with Gasteiger partial charge in [-0.3, -0.25) is 9.59 Å². The summed E-state index contributed by atoms with van der Waals surface area (Å²) < 4.78 is 31.9. The van der Waals surface area contributed by atoms with Crippen molar-refractivity contribution in [2.75, 3.05) is 19.7 Å². The van der Waals surface area contributed by atoms with Crippen LogP contribution in [0.15, 0.2) is 48.5 Å². The lowest BCUT2D eigenvalue weighted by molar-refractivity contribution is -0.146. The van der Waals surface area contributed by atoms with E-state index in [1.54, 1.807) is 20.8 Å². The summed E-state index contributed by atoms with van der Waals surface area (Å²) in [6, 6.07) is 13.9. The van der Waals surface area contributed by atoms with E-state index in [0.29, 0.717) is 0 Å². The molecule has 0 bridgehead atoms. The van der Waals surface area contributed by atoms with Gasteiger partial charge in [-0.1, -0.05) is 69.3 Å². The van der Waals surface area contributed by atoms with Gasteiger partial charge in [0.05, 0.1) is 0 Å². The quantitative estimate of drug-likeness (QED) is 0.542. The largest absolute Gasteiger partial charge is 0.480 e. The molecule has 1 aliphatic rings. The van der Waals surface area contributed by atoms with Crippen LogP contribution >= 0.6 is 0 Å². The zero-order valence-electron chi connectivity index (χ0n) is 20.0. The van der Waals surface area contributed by atoms with Crippen molar-refractivity contribution in [1.29, 1.82) is 0 Å². The monoisotopic (exact) mass is 488 g/mol. The Morgan fingerprint density at radius 2 is 1.57 bits per heavy atom. The van der Waals surface area contributed by atoms with Crippen molar-refractivity contribution < 1.29 is 33.0 Å². The van der Waals surface area contributed by atoms with E-state index in [2.05, 4.69) is 5.32 Å². The van der Waals surface area contributed by atoms with Crippen molar-refractivity contribution in [3.05, 3.63) is 59.7 Å². The summed E-state index contributed by atoms with van der Waals surface area (Å²) in [7, 11) is 0. The molecule has 9 heteroatoms. The van der Waals surface area contributed by atoms with E-state index < -0.39 is 48.8 Å². The summed E-state index contributed by atoms with van der Waals surface area (Å²) in [5, 5.41) is 11.4. The fraction of sp³-hybridized carbons (Fsp3) is 0.423. The molecule has 35 heavy (non-hydrogen) atoms. The maximum Gasteiger partial charge on any atom is 0.407 e. The van der Waals surface area contributed by atoms with Gasteiger partial charge in [0, 0.05) is 18.9 Å². The average molecular weight is 489 g/mol. The maximum atomic E-state index is 13.2. The second-order valence-corrected chi connectivity index (χ2v) is 9.80. The molecule has 1 aliphatic carbocycles. The Morgan fingerprint density at radius 1 is 1.03 bits per heavy atom. The predicted molar refractivity (Wildman–Crippen MR) is 126 cm³/mol. The number of carboxylic acid groups (broad SMARTS) is 1. The fourth-order valence-corrected chi connectivity index (χ4v) is 4.35. The van der Waals surface area contributed by atoms with Gasteiger partial charge in [0.15, 0.2) is 0 Å². The molecule has 7 nitrogen and oxygen atoms in total. The zero-order chi connectivity index (χ0) is 25.8. The van der Waals surface area contributed by atoms with E-state index in [0.717, 1.165) is 27.2 Å². The SMILES string of the molecule is CC(C)(C)CN(CC(=O)O)C(=O)C(CC(F)F)NC(=O)OCC1c2ccccc2-c2ccccc21. The zero-order valence-corrected chi connectivity index (χ0v) is 20.0. The molecule has 0 aromatic heterocycles. The number of fused-ring (bicyclic) bond motifs is 3. The van der Waals surface area contributed by atoms with Gasteiger partial charge in [-0.25, -0.2) is 13.6 Å². The van der Waals surface area contributed by atoms with Crippen LogP contribution in [-0.2, 0) is 14.3 Å². The van der Waals surface area contributed by atoms with Crippen LogP contribution in [0.1, 0.15) is 44.2 Å². The van der Waals surface area contributed by atoms with Crippen LogP contribution < -0.4 is 5.32 Å². The number of ether oxygens (including phenoxy) is 1. The van der Waals surface area contributed by atoms with Crippen molar-refractivity contribution in [3.8, 4) is 11.1 Å². The van der Waals surface area contributed by atoms with Gasteiger partial charge in [0.2, 0.25) is 12.3 Å². The Labute approximate surface area is 203 Å². The standard InChI is InChI=1S/C26H30F2N2O5/c1-26(2,3)15-30(13-23(31)32)24(33)21(12-22(27)28)29-25(34)35-14-20-18-10-6-4-8-16(18)17-9-5-7-11-19(17)20/h4-11,20-22H,12-15H2,1-3H3,(H,29,34)(H,31,32). The summed E-state index contributed by atoms with van der Waals surface area (Å²) in [6.07, 6.45) is -4.86. The summed E-state index contributed by atoms with van der Waals surface area (Å²) >= 11 is 0. The maximum absolute atomic E-state index is 13.2. The number of rotatable bonds is 9. The smallest absolute Gasteiger partial charge is 0.407 e. The first-order chi connectivity index (χ1) is 16.5. The van der Waals surface area contributed by atoms with E-state index in [-0.39, 0.29) is 19.1 Å². The summed E-state index contributed by atoms with van der Waals surface area (Å²) in [5.74, 6) is -2.41. The van der Waals surface area contributed by atoms with Crippen LogP contribution in [0.5, 0.6) is 0 Å². The van der Waals surface area contributed by atoms with Crippen molar-refractivity contribution in [2.45, 2.75) is 45.6 Å². The molecular weight excluding hydrogens is 458 g/mol. The highest BCUT2D eigenvalue weighted by Crippen LogP contribution is 2.44. The third kappa shape index (κ3) is 6.77. The number of hydrogen-bond donors (Lipinski definition) is 2. The summed E-state index contributed by atoms with van der Waals surface area (Å²) in [6.45, 7) is 4.67. The van der Waals surface area contributed by atoms with Gasteiger partial charge in [0.1, 0.15) is 19.2 Å². The second kappa shape index (κ2) is 10.8. The van der Waals surface area contributed by atoms with Gasteiger partial charge in [-0.15, -0.1) is 0 Å². The Hall–Kier alpha value is -3.49. The normalized spacial score (nSPS) is 13.7. The highest BCUT2D eigenvalue weighted by Gasteiger charge is 2.33. The van der Waals surface area contributed by atoms with E-state index >= 15 is 0 Å². The number of hydrogen-bond acceptors (Lipinski definition) is 4. The lowest BCUT2D eigenvalue weighted by Gasteiger charge is -2.31. The molecular formula is C26H30F2N2O5. The van der Waals surface area contributed by atoms with Crippen LogP contribution in [0.3, 0.4) is 0 Å². The molecule has 2 N–H and O–H groups in total. The third-order valence-corrected chi connectivity index (χ3v) is 5.65. The highest BCUT2D eigenvalue weighted by molar-refractivity contribution is 5.88. The minimum atomic E-state index is -2.89. The molecule has 2 amide bonds. The van der Waals surface area contributed by atoms with E-state index in [1.165, 1.54) is 0 Å². The molecule has 0 radical (unpaired) electrons. The molecule has 0 saturated carbocycles. The summed E-state index contributed by atoms with van der Waals surface area (Å²) in [4.78, 5) is 37.8. The lowest BCUT2D eigenvalue weighted by Crippen LogP contribution is -2.52. The van der Waals surface area contributed by atoms with Crippen molar-refractivity contribution in [3.63, 3.8) is 0 Å². The first-order valence-electron chi connectivity index (χ1n) is 11.4. The van der Waals surface area contributed by atoms with E-state index in [9.17, 15) is 28.3 Å². The molecule has 0 aliphatic heterocycles. The number of carbonyl (C=O) groups excluding carboxylic acids is 2. The molecule has 0 spiro atoms. The van der Waals surface area contributed by atoms with Gasteiger partial charge >= 0.3 is 12.1 Å². The van der Waals surface area contributed by atoms with Crippen LogP contribution in [0.25, 0.3) is 11.1 Å². The molecule has 188 valence electrons. The Morgan fingerprint density at radius 3 is 2.06 bits per heavy atom. The van der Waals surface area contributed by atoms with Crippen LogP contribution in [-0.4, -0.2) is 60.1 Å². The average Bonchev–Trinajstić information content (AvgIpc) is 3.08. The molecule has 0 fully saturated rings. The number of nitrogens with one attached hydrogen (secondary N) is 1. The molecule has 2 aromatic carbocycles. The number of alkyl halides is 2. The molecule has 3 rings (SSSR count). The molecule has 1 unspecified atom stereocenters. The molecule has 1 atom stereocenters. The van der Waals surface area contributed by atoms with Crippen molar-refractivity contribution in [1.82, 2.24) is 10.2 Å². The topological polar surface area (TPSA) is 95.9 Å². The Balaban J connectivity index is 1.72. The number of carbonyl (C=O) groups is 3. The molecule has 0 heterocycles. The number of alkyl carbamates (subject to hydrolysis) is 1. The van der Waals surface area contributed by atoms with Gasteiger partial charge in [-0.05, 0) is 27.7 Å². The Bertz CT molecular complexity index is 1040. The van der Waals surface area contributed by atoms with Crippen LogP contribution in [0.2, 0.25) is 0 Å². The van der Waals surface area contributed by atoms with Gasteiger partial charge < -0.3 is 20.1 Å². The first kappa shape index (κ1) is 26.1. The third-order valence-electron chi connectivity index (χ3n) is 5.65. The lowest BCUT2D eigenvalue weighted by atomic mass is 9.95. The number of carboxylic acids is 1. The predicted octanol–water partition coefficient (Wildman–Crippen LogP) is 4.51. The number of halogens is 2. The van der Waals surface area contributed by atoms with E-state index in [4.69, 9.17) is 4.74 Å². The Kier molecular flexibility index (Phi) is 8.09. The number of nitrogens with zero attached hydrogens (tertiary/aromatic N) is 1. The van der Waals surface area contributed by atoms with Crippen LogP contribution in [0, 0.1) is 5.41 Å². The summed E-state index contributed by atoms with van der Waals surface area (Å²) in [5.41, 5.74) is 3.56. The van der Waals surface area contributed by atoms with Gasteiger partial charge in [-0.2, -0.15) is 0 Å². The van der Waals surface area contributed by atoms with Crippen LogP contribution in [0.4, 0.5) is 13.6 Å². The molecule has 2 aromatic rings. The number of aliphatic carboxylic acids is 1. The minimum absolute atomic E-state index is 0.0181. The second-order valence-electron chi connectivity index (χ2n) is 9.80. The van der Waals surface area contributed by atoms with E-state index in [1.807, 2.05) is 48.5 Å².